The first-order valence-electron chi connectivity index (χ1n) is 17.0. The average molecular weight is 661 g/mol. The van der Waals surface area contributed by atoms with E-state index >= 15 is 0 Å². The highest BCUT2D eigenvalue weighted by atomic mass is 16.4. The number of aromatic nitrogens is 4. The van der Waals surface area contributed by atoms with Crippen molar-refractivity contribution in [2.75, 3.05) is 27.2 Å². The first kappa shape index (κ1) is 35.3. The van der Waals surface area contributed by atoms with Crippen LogP contribution in [0.4, 0.5) is 0 Å². The van der Waals surface area contributed by atoms with Gasteiger partial charge in [-0.15, -0.1) is 0 Å². The summed E-state index contributed by atoms with van der Waals surface area (Å²) in [5, 5.41) is 12.7. The molecule has 256 valence electrons. The molecule has 0 spiro atoms. The molecule has 0 saturated carbocycles. The van der Waals surface area contributed by atoms with E-state index in [2.05, 4.69) is 67.4 Å². The van der Waals surface area contributed by atoms with Crippen molar-refractivity contribution in [3.63, 3.8) is 0 Å². The highest BCUT2D eigenvalue weighted by molar-refractivity contribution is 5.97. The molecule has 0 atom stereocenters. The number of carboxylic acids is 1. The van der Waals surface area contributed by atoms with Gasteiger partial charge in [-0.2, -0.15) is 0 Å². The van der Waals surface area contributed by atoms with E-state index in [1.165, 1.54) is 0 Å². The van der Waals surface area contributed by atoms with Gasteiger partial charge in [0.1, 0.15) is 0 Å². The zero-order valence-electron chi connectivity index (χ0n) is 29.6. The maximum Gasteiger partial charge on any atom is 0.303 e. The summed E-state index contributed by atoms with van der Waals surface area (Å²) in [5.41, 5.74) is 14.5. The Morgan fingerprint density at radius 3 is 1.80 bits per heavy atom. The number of aliphatic carboxylic acids is 1. The molecular formula is C40H48N6O3. The van der Waals surface area contributed by atoms with Crippen molar-refractivity contribution < 1.29 is 14.7 Å². The van der Waals surface area contributed by atoms with Crippen molar-refractivity contribution in [1.82, 2.24) is 30.2 Å². The van der Waals surface area contributed by atoms with Gasteiger partial charge < -0.3 is 25.3 Å². The number of fused-ring (bicyclic) bond motifs is 8. The van der Waals surface area contributed by atoms with E-state index in [0.29, 0.717) is 31.5 Å². The normalized spacial score (nSPS) is 13.0. The molecule has 0 aliphatic carbocycles. The van der Waals surface area contributed by atoms with Gasteiger partial charge in [-0.1, -0.05) is 25.3 Å². The first-order valence-corrected chi connectivity index (χ1v) is 17.0. The molecular weight excluding hydrogens is 612 g/mol. The summed E-state index contributed by atoms with van der Waals surface area (Å²) in [7, 11) is 4.10. The molecule has 1 amide bonds. The van der Waals surface area contributed by atoms with E-state index in [1.54, 1.807) is 0 Å². The number of unbranched alkanes of at least 4 members (excludes halogenated alkanes) is 1. The molecule has 49 heavy (non-hydrogen) atoms. The van der Waals surface area contributed by atoms with Crippen LogP contribution >= 0.6 is 0 Å². The monoisotopic (exact) mass is 660 g/mol. The summed E-state index contributed by atoms with van der Waals surface area (Å²) in [6.45, 7) is 18.0. The largest absolute Gasteiger partial charge is 0.481 e. The molecule has 0 unspecified atom stereocenters. The van der Waals surface area contributed by atoms with Gasteiger partial charge in [0.2, 0.25) is 5.91 Å². The highest BCUT2D eigenvalue weighted by Crippen LogP contribution is 2.38. The number of H-pyrrole nitrogens is 2. The quantitative estimate of drug-likeness (QED) is 0.137. The number of rotatable bonds is 13. The van der Waals surface area contributed by atoms with Gasteiger partial charge in [0.15, 0.2) is 0 Å². The number of amides is 1. The Morgan fingerprint density at radius 1 is 0.755 bits per heavy atom. The minimum Gasteiger partial charge on any atom is -0.481 e. The van der Waals surface area contributed by atoms with Crippen LogP contribution in [0.1, 0.15) is 97.4 Å². The third kappa shape index (κ3) is 7.67. The van der Waals surface area contributed by atoms with Crippen LogP contribution in [0, 0.1) is 13.8 Å². The lowest BCUT2D eigenvalue weighted by Gasteiger charge is -2.10. The van der Waals surface area contributed by atoms with Crippen molar-refractivity contribution >= 4 is 68.4 Å². The summed E-state index contributed by atoms with van der Waals surface area (Å²) >= 11 is 0. The average Bonchev–Trinajstić information content (AvgIpc) is 3.71. The molecule has 3 aromatic rings. The van der Waals surface area contributed by atoms with Crippen LogP contribution in [-0.2, 0) is 9.59 Å². The van der Waals surface area contributed by atoms with Gasteiger partial charge in [-0.25, -0.2) is 9.97 Å². The van der Waals surface area contributed by atoms with E-state index in [0.717, 1.165) is 103 Å². The smallest absolute Gasteiger partial charge is 0.303 e. The zero-order valence-corrected chi connectivity index (χ0v) is 29.6. The van der Waals surface area contributed by atoms with Crippen molar-refractivity contribution in [3.8, 4) is 0 Å². The Hall–Kier alpha value is -5.02. The fraction of sp³-hybridized carbons (Fsp3) is 0.350. The van der Waals surface area contributed by atoms with Gasteiger partial charge in [0.05, 0.1) is 22.8 Å². The number of aromatic amines is 2. The lowest BCUT2D eigenvalue weighted by atomic mass is 9.98. The lowest BCUT2D eigenvalue weighted by molar-refractivity contribution is -0.136. The fourth-order valence-corrected chi connectivity index (χ4v) is 6.64. The number of carboxylic acid groups (broad SMARTS) is 1. The molecule has 9 heteroatoms. The van der Waals surface area contributed by atoms with Crippen molar-refractivity contribution in [2.45, 2.75) is 66.2 Å². The summed E-state index contributed by atoms with van der Waals surface area (Å²) in [4.78, 5) is 44.1. The van der Waals surface area contributed by atoms with Crippen LogP contribution in [0.2, 0.25) is 0 Å². The van der Waals surface area contributed by atoms with E-state index in [9.17, 15) is 14.7 Å². The van der Waals surface area contributed by atoms with Crippen LogP contribution < -0.4 is 5.32 Å². The molecule has 9 nitrogen and oxygen atoms in total. The Labute approximate surface area is 288 Å². The number of allylic oxidation sites excluding steroid dienone is 4. The van der Waals surface area contributed by atoms with E-state index in [-0.39, 0.29) is 12.3 Å². The summed E-state index contributed by atoms with van der Waals surface area (Å²) in [6, 6.07) is 8.12. The number of carbonyl (C=O) groups is 2. The molecule has 4 N–H and O–H groups in total. The van der Waals surface area contributed by atoms with Gasteiger partial charge in [-0.05, 0) is 132 Å². The Morgan fingerprint density at radius 2 is 1.27 bits per heavy atom. The number of carbonyl (C=O) groups excluding carboxylic acids is 1. The standard InChI is InChI=1S/C40H48N6O3/c1-9-27-23(3)31-19-32-26(6)30(14-16-40(48)49)38(44-32)22-37-29(13-15-39(47)41-17-11-12-18-46(7)8)25(5)34(45-37)21-36-28(10-2)24(4)33(43-36)20-35(27)42-31/h9-10,19-22,42-43H,1-2,11-18H2,3-8H3,(H,41,47)(H,48,49). The Bertz CT molecular complexity index is 2060. The van der Waals surface area contributed by atoms with Crippen LogP contribution in [0.3, 0.4) is 0 Å². The second kappa shape index (κ2) is 15.0. The third-order valence-electron chi connectivity index (χ3n) is 9.59. The molecule has 3 aromatic heterocycles. The molecule has 8 bridgehead atoms. The van der Waals surface area contributed by atoms with E-state index in [4.69, 9.17) is 9.97 Å². The van der Waals surface area contributed by atoms with Crippen molar-refractivity contribution in [2.24, 2.45) is 0 Å². The Balaban J connectivity index is 1.69. The molecule has 0 aromatic carbocycles. The summed E-state index contributed by atoms with van der Waals surface area (Å²) in [5.74, 6) is -0.854. The number of hydrogen-bond donors (Lipinski definition) is 4. The summed E-state index contributed by atoms with van der Waals surface area (Å²) < 4.78 is 0. The minimum atomic E-state index is -0.863. The first-order chi connectivity index (χ1) is 23.4. The topological polar surface area (TPSA) is 127 Å². The maximum absolute atomic E-state index is 12.9. The minimum absolute atomic E-state index is 0.00940. The van der Waals surface area contributed by atoms with Crippen LogP contribution in [0.25, 0.3) is 56.5 Å². The fourth-order valence-electron chi connectivity index (χ4n) is 6.64. The van der Waals surface area contributed by atoms with Gasteiger partial charge >= 0.3 is 5.97 Å². The van der Waals surface area contributed by atoms with Crippen LogP contribution in [0.5, 0.6) is 0 Å². The number of nitrogens with zero attached hydrogens (tertiary/aromatic N) is 3. The van der Waals surface area contributed by atoms with Crippen LogP contribution in [-0.4, -0.2) is 69.0 Å². The van der Waals surface area contributed by atoms with Crippen molar-refractivity contribution in [3.05, 3.63) is 82.5 Å². The predicted molar refractivity (Wildman–Crippen MR) is 203 cm³/mol. The molecule has 2 aliphatic rings. The second-order valence-electron chi connectivity index (χ2n) is 13.2. The molecule has 5 rings (SSSR count). The second-order valence-corrected chi connectivity index (χ2v) is 13.2. The SMILES string of the molecule is C=Cc1c(C)c2cc3[nH]c(cc4nc(cc5nc(cc1[nH]2)C(C)=C5CCC(=O)NCCCCN(C)C)C(CCC(=O)O)=C4C)c(C)c3C=C. The molecule has 5 heterocycles. The maximum atomic E-state index is 12.9. The van der Waals surface area contributed by atoms with Crippen LogP contribution in [0.15, 0.2) is 37.4 Å². The molecule has 2 aliphatic heterocycles. The molecule has 0 fully saturated rings. The predicted octanol–water partition coefficient (Wildman–Crippen LogP) is 8.18. The van der Waals surface area contributed by atoms with E-state index < -0.39 is 5.97 Å². The molecule has 0 saturated heterocycles. The number of nitrogens with one attached hydrogen (secondary N) is 3. The lowest BCUT2D eigenvalue weighted by Crippen LogP contribution is -2.25. The third-order valence-corrected chi connectivity index (χ3v) is 9.59. The van der Waals surface area contributed by atoms with Gasteiger partial charge in [0.25, 0.3) is 0 Å². The summed E-state index contributed by atoms with van der Waals surface area (Å²) in [6.07, 6.45) is 6.84. The van der Waals surface area contributed by atoms with Crippen molar-refractivity contribution in [1.29, 1.82) is 0 Å². The van der Waals surface area contributed by atoms with E-state index in [1.807, 2.05) is 44.2 Å². The number of hydrogen-bond acceptors (Lipinski definition) is 5. The zero-order chi connectivity index (χ0) is 35.4. The highest BCUT2D eigenvalue weighted by Gasteiger charge is 2.23. The number of aryl methyl sites for hydroxylation is 2. The van der Waals surface area contributed by atoms with Gasteiger partial charge in [0, 0.05) is 52.6 Å². The molecule has 0 radical (unpaired) electrons. The Kier molecular flexibility index (Phi) is 10.8. The van der Waals surface area contributed by atoms with Gasteiger partial charge in [-0.3, -0.25) is 9.59 Å².